The molecule has 0 saturated carbocycles. The number of aromatic nitrogens is 3. The summed E-state index contributed by atoms with van der Waals surface area (Å²) >= 11 is 6.34. The van der Waals surface area contributed by atoms with Gasteiger partial charge in [-0.1, -0.05) is 31.5 Å². The molecule has 9 heteroatoms. The molecule has 1 aliphatic rings. The number of nitrogens with zero attached hydrogens (tertiary/aromatic N) is 4. The molecule has 0 fully saturated rings. The summed E-state index contributed by atoms with van der Waals surface area (Å²) in [6.45, 7) is 8.60. The van der Waals surface area contributed by atoms with Crippen molar-refractivity contribution in [2.45, 2.75) is 58.5 Å². The first-order chi connectivity index (χ1) is 14.0. The van der Waals surface area contributed by atoms with E-state index in [1.165, 1.54) is 0 Å². The summed E-state index contributed by atoms with van der Waals surface area (Å²) in [5.41, 5.74) is 1.07. The third-order valence-corrected chi connectivity index (χ3v) is 5.34. The number of aliphatic imine (C=N–C) groups is 1. The molecule has 1 aliphatic heterocycles. The van der Waals surface area contributed by atoms with Gasteiger partial charge in [-0.15, -0.1) is 24.0 Å². The molecule has 0 amide bonds. The highest BCUT2D eigenvalue weighted by atomic mass is 127. The molecule has 7 nitrogen and oxygen atoms in total. The van der Waals surface area contributed by atoms with Crippen LogP contribution in [0.5, 0.6) is 5.75 Å². The van der Waals surface area contributed by atoms with Crippen LogP contribution in [-0.2, 0) is 19.4 Å². The number of ether oxygens (including phenoxy) is 1. The van der Waals surface area contributed by atoms with Crippen LogP contribution in [0.1, 0.15) is 50.3 Å². The second kappa shape index (κ2) is 11.7. The molecule has 1 aromatic heterocycles. The number of methoxy groups -OCH3 is 1. The first kappa shape index (κ1) is 24.7. The minimum Gasteiger partial charge on any atom is -0.497 e. The van der Waals surface area contributed by atoms with Crippen LogP contribution in [0.15, 0.2) is 23.2 Å². The quantitative estimate of drug-likeness (QED) is 0.314. The Labute approximate surface area is 201 Å². The van der Waals surface area contributed by atoms with Gasteiger partial charge in [-0.25, -0.2) is 9.67 Å². The average Bonchev–Trinajstić information content (AvgIpc) is 3.13. The number of fused-ring (bicyclic) bond motifs is 1. The van der Waals surface area contributed by atoms with Gasteiger partial charge in [0, 0.05) is 36.5 Å². The Kier molecular flexibility index (Phi) is 9.67. The third kappa shape index (κ3) is 6.47. The van der Waals surface area contributed by atoms with Crippen molar-refractivity contribution < 1.29 is 4.74 Å². The maximum atomic E-state index is 6.34. The number of hydrogen-bond acceptors (Lipinski definition) is 4. The van der Waals surface area contributed by atoms with E-state index in [-0.39, 0.29) is 30.0 Å². The van der Waals surface area contributed by atoms with Crippen LogP contribution in [0, 0.1) is 0 Å². The first-order valence-electron chi connectivity index (χ1n) is 10.3. The molecule has 1 unspecified atom stereocenters. The lowest BCUT2D eigenvalue weighted by Crippen LogP contribution is -2.47. The largest absolute Gasteiger partial charge is 0.497 e. The lowest BCUT2D eigenvalue weighted by Gasteiger charge is -2.25. The van der Waals surface area contributed by atoms with E-state index in [0.717, 1.165) is 61.3 Å². The molecule has 0 bridgehead atoms. The van der Waals surface area contributed by atoms with Crippen LogP contribution in [-0.4, -0.2) is 47.0 Å². The monoisotopic (exact) mass is 546 g/mol. The molecule has 0 saturated heterocycles. The topological polar surface area (TPSA) is 76.4 Å². The molecule has 0 spiro atoms. The summed E-state index contributed by atoms with van der Waals surface area (Å²) in [7, 11) is 1.64. The predicted molar refractivity (Wildman–Crippen MR) is 132 cm³/mol. The molecule has 30 heavy (non-hydrogen) atoms. The molecule has 0 aliphatic carbocycles. The van der Waals surface area contributed by atoms with Gasteiger partial charge in [-0.05, 0) is 37.5 Å². The zero-order valence-corrected chi connectivity index (χ0v) is 21.2. The Morgan fingerprint density at radius 2 is 2.20 bits per heavy atom. The van der Waals surface area contributed by atoms with Gasteiger partial charge in [0.1, 0.15) is 11.6 Å². The lowest BCUT2D eigenvalue weighted by atomic mass is 10.1. The van der Waals surface area contributed by atoms with Crippen molar-refractivity contribution in [3.05, 3.63) is 40.4 Å². The van der Waals surface area contributed by atoms with Gasteiger partial charge in [0.25, 0.3) is 0 Å². The molecule has 1 atom stereocenters. The number of nitrogens with one attached hydrogen (secondary N) is 2. The standard InChI is InChI=1S/C21H31ClN6O.HI/c1-5-23-21(24-11-10-15-6-8-17(29-4)12-18(15)22)25-16-7-9-19-26-20(14(2)3)27-28(19)13-16;/h6,8,12,14,16H,5,7,9-11,13H2,1-4H3,(H2,23,24,25);1H. The van der Waals surface area contributed by atoms with E-state index in [1.807, 2.05) is 22.9 Å². The van der Waals surface area contributed by atoms with E-state index in [1.54, 1.807) is 7.11 Å². The Balaban J connectivity index is 0.00000320. The van der Waals surface area contributed by atoms with Gasteiger partial charge in [-0.2, -0.15) is 5.10 Å². The van der Waals surface area contributed by atoms with Gasteiger partial charge in [-0.3, -0.25) is 4.99 Å². The highest BCUT2D eigenvalue weighted by Crippen LogP contribution is 2.22. The van der Waals surface area contributed by atoms with Crippen LogP contribution in [0.3, 0.4) is 0 Å². The summed E-state index contributed by atoms with van der Waals surface area (Å²) < 4.78 is 7.24. The second-order valence-electron chi connectivity index (χ2n) is 7.57. The summed E-state index contributed by atoms with van der Waals surface area (Å²) in [5, 5.41) is 12.3. The molecule has 166 valence electrons. The number of halogens is 2. The van der Waals surface area contributed by atoms with Gasteiger partial charge in [0.15, 0.2) is 11.8 Å². The van der Waals surface area contributed by atoms with E-state index in [2.05, 4.69) is 41.5 Å². The van der Waals surface area contributed by atoms with Crippen molar-refractivity contribution in [3.63, 3.8) is 0 Å². The summed E-state index contributed by atoms with van der Waals surface area (Å²) in [6.07, 6.45) is 2.72. The Hall–Kier alpha value is -1.55. The van der Waals surface area contributed by atoms with Gasteiger partial charge >= 0.3 is 0 Å². The van der Waals surface area contributed by atoms with Crippen molar-refractivity contribution >= 4 is 41.5 Å². The highest BCUT2D eigenvalue weighted by molar-refractivity contribution is 14.0. The number of guanidine groups is 1. The smallest absolute Gasteiger partial charge is 0.191 e. The molecule has 2 aromatic rings. The third-order valence-electron chi connectivity index (χ3n) is 4.99. The number of benzene rings is 1. The fourth-order valence-electron chi connectivity index (χ4n) is 3.35. The zero-order chi connectivity index (χ0) is 20.8. The summed E-state index contributed by atoms with van der Waals surface area (Å²) in [5.74, 6) is 3.96. The minimum absolute atomic E-state index is 0. The number of rotatable bonds is 7. The maximum absolute atomic E-state index is 6.34. The Morgan fingerprint density at radius 3 is 2.87 bits per heavy atom. The van der Waals surface area contributed by atoms with Crippen molar-refractivity contribution in [2.24, 2.45) is 4.99 Å². The van der Waals surface area contributed by atoms with Crippen molar-refractivity contribution in [1.82, 2.24) is 25.4 Å². The van der Waals surface area contributed by atoms with Gasteiger partial charge < -0.3 is 15.4 Å². The maximum Gasteiger partial charge on any atom is 0.191 e. The summed E-state index contributed by atoms with van der Waals surface area (Å²) in [4.78, 5) is 9.40. The molecule has 2 heterocycles. The normalized spacial score (nSPS) is 16.1. The van der Waals surface area contributed by atoms with Crippen LogP contribution in [0.2, 0.25) is 5.02 Å². The molecule has 0 radical (unpaired) electrons. The van der Waals surface area contributed by atoms with Crippen molar-refractivity contribution in [2.75, 3.05) is 20.2 Å². The minimum atomic E-state index is 0. The predicted octanol–water partition coefficient (Wildman–Crippen LogP) is 3.79. The first-order valence-corrected chi connectivity index (χ1v) is 10.7. The zero-order valence-electron chi connectivity index (χ0n) is 18.1. The number of hydrogen-bond donors (Lipinski definition) is 2. The van der Waals surface area contributed by atoms with Gasteiger partial charge in [0.2, 0.25) is 0 Å². The SMILES string of the molecule is CCNC(=NCCc1ccc(OC)cc1Cl)NC1CCc2nc(C(C)C)nn2C1.I. The molecule has 2 N–H and O–H groups in total. The molecular weight excluding hydrogens is 515 g/mol. The second-order valence-corrected chi connectivity index (χ2v) is 7.98. The Bertz CT molecular complexity index is 854. The van der Waals surface area contributed by atoms with Crippen LogP contribution in [0.4, 0.5) is 0 Å². The van der Waals surface area contributed by atoms with E-state index >= 15 is 0 Å². The summed E-state index contributed by atoms with van der Waals surface area (Å²) in [6, 6.07) is 6.05. The van der Waals surface area contributed by atoms with E-state index in [4.69, 9.17) is 21.3 Å². The van der Waals surface area contributed by atoms with Crippen molar-refractivity contribution in [1.29, 1.82) is 0 Å². The average molecular weight is 547 g/mol. The van der Waals surface area contributed by atoms with E-state index in [9.17, 15) is 0 Å². The van der Waals surface area contributed by atoms with E-state index in [0.29, 0.717) is 17.5 Å². The van der Waals surface area contributed by atoms with Crippen LogP contribution >= 0.6 is 35.6 Å². The van der Waals surface area contributed by atoms with Crippen LogP contribution in [0.25, 0.3) is 0 Å². The van der Waals surface area contributed by atoms with Gasteiger partial charge in [0.05, 0.1) is 13.7 Å². The molecule has 1 aromatic carbocycles. The Morgan fingerprint density at radius 1 is 1.40 bits per heavy atom. The van der Waals surface area contributed by atoms with Crippen LogP contribution < -0.4 is 15.4 Å². The molecule has 3 rings (SSSR count). The fraction of sp³-hybridized carbons (Fsp3) is 0.571. The van der Waals surface area contributed by atoms with Crippen molar-refractivity contribution in [3.8, 4) is 5.75 Å². The molecular formula is C21H32ClIN6O. The number of aryl methyl sites for hydroxylation is 1. The van der Waals surface area contributed by atoms with E-state index < -0.39 is 0 Å². The lowest BCUT2D eigenvalue weighted by molar-refractivity contribution is 0.391. The fourth-order valence-corrected chi connectivity index (χ4v) is 3.61. The highest BCUT2D eigenvalue weighted by Gasteiger charge is 2.23.